The van der Waals surface area contributed by atoms with Crippen LogP contribution in [0.15, 0.2) is 28.9 Å². The predicted molar refractivity (Wildman–Crippen MR) is 80.2 cm³/mol. The molecule has 0 aliphatic carbocycles. The first-order valence-corrected chi connectivity index (χ1v) is 6.69. The van der Waals surface area contributed by atoms with Gasteiger partial charge in [0.2, 0.25) is 11.9 Å². The van der Waals surface area contributed by atoms with Crippen LogP contribution in [0.4, 0.5) is 5.95 Å². The first-order valence-electron chi connectivity index (χ1n) is 6.28. The average Bonchev–Trinajstić information content (AvgIpc) is 3.09. The number of carbonyl (C=O) groups is 1. The second kappa shape index (κ2) is 7.29. The molecular weight excluding hydrogens is 292 g/mol. The van der Waals surface area contributed by atoms with E-state index in [1.807, 2.05) is 6.92 Å². The second-order valence-electron chi connectivity index (χ2n) is 4.02. The molecule has 2 aromatic heterocycles. The third-order valence-electron chi connectivity index (χ3n) is 2.37. The van der Waals surface area contributed by atoms with Crippen LogP contribution in [0.3, 0.4) is 0 Å². The fraction of sp³-hybridized carbons (Fsp3) is 0.250. The maximum Gasteiger partial charge on any atom is 0.250 e. The molecule has 1 amide bonds. The van der Waals surface area contributed by atoms with Crippen molar-refractivity contribution < 1.29 is 9.21 Å². The highest BCUT2D eigenvalue weighted by Crippen LogP contribution is 2.02. The molecule has 0 aliphatic heterocycles. The van der Waals surface area contributed by atoms with Crippen molar-refractivity contribution in [3.63, 3.8) is 0 Å². The summed E-state index contributed by atoms with van der Waals surface area (Å²) in [6.45, 7) is 2.66. The number of thiocarbonyl (C=S) groups is 1. The summed E-state index contributed by atoms with van der Waals surface area (Å²) in [5, 5.41) is 16.5. The highest BCUT2D eigenvalue weighted by atomic mass is 32.1. The number of carbonyl (C=O) groups excluding carboxylic acids is 1. The zero-order valence-corrected chi connectivity index (χ0v) is 12.1. The maximum absolute atomic E-state index is 11.7. The van der Waals surface area contributed by atoms with Gasteiger partial charge in [0.05, 0.1) is 6.26 Å². The standard InChI is InChI=1S/C12H14N6O2S/c1-2-7-18-11(15-16-17-18)14-12(21)13-10(19)6-5-9-4-3-8-20-9/h3-6,8H,2,7H2,1H3,(H2,13,14,15,17,19,21). The van der Waals surface area contributed by atoms with Crippen molar-refractivity contribution in [1.82, 2.24) is 25.5 Å². The monoisotopic (exact) mass is 306 g/mol. The first-order chi connectivity index (χ1) is 10.2. The van der Waals surface area contributed by atoms with Crippen LogP contribution in [0.1, 0.15) is 19.1 Å². The summed E-state index contributed by atoms with van der Waals surface area (Å²) < 4.78 is 6.64. The van der Waals surface area contributed by atoms with Crippen molar-refractivity contribution in [3.8, 4) is 0 Å². The van der Waals surface area contributed by atoms with Gasteiger partial charge in [-0.05, 0) is 47.3 Å². The third-order valence-corrected chi connectivity index (χ3v) is 2.58. The van der Waals surface area contributed by atoms with E-state index >= 15 is 0 Å². The predicted octanol–water partition coefficient (Wildman–Crippen LogP) is 1.20. The van der Waals surface area contributed by atoms with Gasteiger partial charge in [0, 0.05) is 12.6 Å². The molecule has 0 aliphatic rings. The van der Waals surface area contributed by atoms with Crippen LogP contribution >= 0.6 is 12.2 Å². The van der Waals surface area contributed by atoms with Gasteiger partial charge in [-0.3, -0.25) is 15.4 Å². The second-order valence-corrected chi connectivity index (χ2v) is 4.43. The van der Waals surface area contributed by atoms with Gasteiger partial charge in [0.25, 0.3) is 0 Å². The Hall–Kier alpha value is -2.55. The Balaban J connectivity index is 1.86. The lowest BCUT2D eigenvalue weighted by Crippen LogP contribution is -2.33. The number of anilines is 1. The fourth-order valence-corrected chi connectivity index (χ4v) is 1.68. The molecular formula is C12H14N6O2S. The Morgan fingerprint density at radius 3 is 3.14 bits per heavy atom. The summed E-state index contributed by atoms with van der Waals surface area (Å²) in [6, 6.07) is 3.47. The van der Waals surface area contributed by atoms with Crippen LogP contribution in [0.25, 0.3) is 6.08 Å². The largest absolute Gasteiger partial charge is 0.465 e. The molecule has 2 heterocycles. The zero-order valence-electron chi connectivity index (χ0n) is 11.3. The molecule has 0 saturated heterocycles. The minimum Gasteiger partial charge on any atom is -0.465 e. The van der Waals surface area contributed by atoms with Crippen LogP contribution < -0.4 is 10.6 Å². The van der Waals surface area contributed by atoms with Gasteiger partial charge in [0.1, 0.15) is 5.76 Å². The van der Waals surface area contributed by atoms with Gasteiger partial charge in [-0.15, -0.1) is 0 Å². The zero-order chi connectivity index (χ0) is 15.1. The Labute approximate surface area is 126 Å². The molecule has 0 fully saturated rings. The lowest BCUT2D eigenvalue weighted by atomic mass is 10.4. The number of nitrogens with zero attached hydrogens (tertiary/aromatic N) is 4. The summed E-state index contributed by atoms with van der Waals surface area (Å²) in [4.78, 5) is 11.7. The molecule has 0 spiro atoms. The normalized spacial score (nSPS) is 10.7. The molecule has 2 N–H and O–H groups in total. The Morgan fingerprint density at radius 1 is 1.57 bits per heavy atom. The first kappa shape index (κ1) is 14.9. The molecule has 0 unspecified atom stereocenters. The number of hydrogen-bond donors (Lipinski definition) is 2. The van der Waals surface area contributed by atoms with Crippen molar-refractivity contribution >= 4 is 35.3 Å². The van der Waals surface area contributed by atoms with Gasteiger partial charge in [0.15, 0.2) is 5.11 Å². The lowest BCUT2D eigenvalue weighted by molar-refractivity contribution is -0.115. The number of hydrogen-bond acceptors (Lipinski definition) is 6. The summed E-state index contributed by atoms with van der Waals surface area (Å²) in [7, 11) is 0. The van der Waals surface area contributed by atoms with Gasteiger partial charge >= 0.3 is 0 Å². The molecule has 0 bridgehead atoms. The van der Waals surface area contributed by atoms with Crippen LogP contribution in [0, 0.1) is 0 Å². The molecule has 0 radical (unpaired) electrons. The Bertz CT molecular complexity index is 634. The summed E-state index contributed by atoms with van der Waals surface area (Å²) in [5.41, 5.74) is 0. The number of aryl methyl sites for hydroxylation is 1. The topological polar surface area (TPSA) is 97.9 Å². The Kier molecular flexibility index (Phi) is 5.16. The van der Waals surface area contributed by atoms with E-state index in [9.17, 15) is 4.79 Å². The number of amides is 1. The summed E-state index contributed by atoms with van der Waals surface area (Å²) >= 11 is 5.03. The minimum absolute atomic E-state index is 0.122. The van der Waals surface area contributed by atoms with E-state index < -0.39 is 0 Å². The number of rotatable bonds is 5. The molecule has 8 nitrogen and oxygen atoms in total. The lowest BCUT2D eigenvalue weighted by Gasteiger charge is -2.07. The van der Waals surface area contributed by atoms with E-state index in [2.05, 4.69) is 26.2 Å². The van der Waals surface area contributed by atoms with E-state index in [4.69, 9.17) is 16.6 Å². The highest BCUT2D eigenvalue weighted by Gasteiger charge is 2.08. The van der Waals surface area contributed by atoms with Crippen molar-refractivity contribution in [3.05, 3.63) is 30.2 Å². The molecule has 9 heteroatoms. The third kappa shape index (κ3) is 4.49. The van der Waals surface area contributed by atoms with Crippen LogP contribution in [0.2, 0.25) is 0 Å². The molecule has 2 rings (SSSR count). The smallest absolute Gasteiger partial charge is 0.250 e. The van der Waals surface area contributed by atoms with Gasteiger partial charge in [-0.25, -0.2) is 4.68 Å². The summed E-state index contributed by atoms with van der Waals surface area (Å²) in [6.07, 6.45) is 5.27. The van der Waals surface area contributed by atoms with Crippen LogP contribution in [0.5, 0.6) is 0 Å². The fourth-order valence-electron chi connectivity index (χ4n) is 1.49. The van der Waals surface area contributed by atoms with Gasteiger partial charge in [-0.2, -0.15) is 0 Å². The number of furan rings is 1. The van der Waals surface area contributed by atoms with E-state index in [1.165, 1.54) is 12.3 Å². The van der Waals surface area contributed by atoms with Crippen molar-refractivity contribution in [1.29, 1.82) is 0 Å². The number of aromatic nitrogens is 4. The minimum atomic E-state index is -0.376. The Morgan fingerprint density at radius 2 is 2.43 bits per heavy atom. The van der Waals surface area contributed by atoms with E-state index in [0.717, 1.165) is 6.42 Å². The molecule has 2 aromatic rings. The quantitative estimate of drug-likeness (QED) is 0.632. The van der Waals surface area contributed by atoms with Crippen molar-refractivity contribution in [2.24, 2.45) is 0 Å². The van der Waals surface area contributed by atoms with E-state index in [-0.39, 0.29) is 11.0 Å². The average molecular weight is 306 g/mol. The van der Waals surface area contributed by atoms with Crippen molar-refractivity contribution in [2.45, 2.75) is 19.9 Å². The molecule has 0 aromatic carbocycles. The summed E-state index contributed by atoms with van der Waals surface area (Å²) in [5.74, 6) is 0.589. The SMILES string of the molecule is CCCn1nnnc1NC(=S)NC(=O)C=Cc1ccco1. The van der Waals surface area contributed by atoms with Crippen LogP contribution in [-0.2, 0) is 11.3 Å². The number of tetrazole rings is 1. The molecule has 0 saturated carbocycles. The molecule has 0 atom stereocenters. The van der Waals surface area contributed by atoms with E-state index in [1.54, 1.807) is 22.9 Å². The van der Waals surface area contributed by atoms with Crippen LogP contribution in [-0.4, -0.2) is 31.2 Å². The molecule has 21 heavy (non-hydrogen) atoms. The van der Waals surface area contributed by atoms with Gasteiger partial charge in [-0.1, -0.05) is 12.0 Å². The highest BCUT2D eigenvalue weighted by molar-refractivity contribution is 7.80. The molecule has 110 valence electrons. The maximum atomic E-state index is 11.7. The van der Waals surface area contributed by atoms with E-state index in [0.29, 0.717) is 18.3 Å². The van der Waals surface area contributed by atoms with Crippen molar-refractivity contribution in [2.75, 3.05) is 5.32 Å². The van der Waals surface area contributed by atoms with Gasteiger partial charge < -0.3 is 4.42 Å². The number of nitrogens with one attached hydrogen (secondary N) is 2.